The molecule has 2 unspecified atom stereocenters. The number of aryl methyl sites for hydroxylation is 1. The van der Waals surface area contributed by atoms with Crippen LogP contribution in [0, 0.1) is 12.8 Å². The summed E-state index contributed by atoms with van der Waals surface area (Å²) in [6.07, 6.45) is 3.24. The van der Waals surface area contributed by atoms with Crippen molar-refractivity contribution < 1.29 is 0 Å². The number of hydrogen-bond acceptors (Lipinski definition) is 3. The third kappa shape index (κ3) is 3.76. The van der Waals surface area contributed by atoms with Crippen LogP contribution in [0.15, 0.2) is 5.38 Å². The molecule has 1 rings (SSSR count). The van der Waals surface area contributed by atoms with Gasteiger partial charge in [-0.1, -0.05) is 20.3 Å². The molecule has 1 aromatic heterocycles. The number of hydrogen-bond donors (Lipinski definition) is 1. The summed E-state index contributed by atoms with van der Waals surface area (Å²) in [5, 5.41) is 3.25. The van der Waals surface area contributed by atoms with Crippen molar-refractivity contribution in [2.75, 3.05) is 0 Å². The van der Waals surface area contributed by atoms with E-state index in [1.54, 1.807) is 11.3 Å². The quantitative estimate of drug-likeness (QED) is 0.815. The third-order valence-corrected chi connectivity index (χ3v) is 3.36. The van der Waals surface area contributed by atoms with Crippen molar-refractivity contribution in [3.8, 4) is 0 Å². The van der Waals surface area contributed by atoms with Gasteiger partial charge < -0.3 is 5.73 Å². The molecule has 0 aliphatic heterocycles. The molecular formula is C11H20N2S. The Morgan fingerprint density at radius 3 is 2.79 bits per heavy atom. The Bertz CT molecular complexity index is 270. The molecule has 1 heterocycles. The summed E-state index contributed by atoms with van der Waals surface area (Å²) in [6, 6.07) is 0.270. The van der Waals surface area contributed by atoms with Crippen molar-refractivity contribution in [2.24, 2.45) is 11.7 Å². The van der Waals surface area contributed by atoms with Gasteiger partial charge in [0.25, 0.3) is 0 Å². The van der Waals surface area contributed by atoms with Crippen LogP contribution in [0.5, 0.6) is 0 Å². The molecular weight excluding hydrogens is 192 g/mol. The first-order chi connectivity index (χ1) is 6.61. The second-order valence-corrected chi connectivity index (χ2v) is 5.13. The van der Waals surface area contributed by atoms with Gasteiger partial charge in [0, 0.05) is 17.8 Å². The molecule has 3 heteroatoms. The lowest BCUT2D eigenvalue weighted by Crippen LogP contribution is -2.25. The molecule has 0 amide bonds. The highest BCUT2D eigenvalue weighted by molar-refractivity contribution is 7.09. The number of aromatic nitrogens is 1. The molecule has 0 bridgehead atoms. The fraction of sp³-hybridized carbons (Fsp3) is 0.727. The van der Waals surface area contributed by atoms with Gasteiger partial charge in [-0.05, 0) is 19.3 Å². The largest absolute Gasteiger partial charge is 0.327 e. The number of nitrogens with two attached hydrogens (primary N) is 1. The number of nitrogens with zero attached hydrogens (tertiary/aromatic N) is 1. The van der Waals surface area contributed by atoms with Gasteiger partial charge >= 0.3 is 0 Å². The van der Waals surface area contributed by atoms with Crippen molar-refractivity contribution in [1.82, 2.24) is 4.98 Å². The predicted molar refractivity (Wildman–Crippen MR) is 62.6 cm³/mol. The van der Waals surface area contributed by atoms with E-state index in [1.165, 1.54) is 6.42 Å². The van der Waals surface area contributed by atoms with Gasteiger partial charge in [0.1, 0.15) is 0 Å². The average Bonchev–Trinajstić information content (AvgIpc) is 2.50. The normalized spacial score (nSPS) is 15.4. The minimum atomic E-state index is 0.270. The Morgan fingerprint density at radius 2 is 2.29 bits per heavy atom. The minimum absolute atomic E-state index is 0.270. The average molecular weight is 212 g/mol. The first kappa shape index (κ1) is 11.7. The second kappa shape index (κ2) is 5.47. The Balaban J connectivity index is 2.37. The van der Waals surface area contributed by atoms with Crippen molar-refractivity contribution in [3.05, 3.63) is 16.1 Å². The van der Waals surface area contributed by atoms with Crippen LogP contribution in [0.25, 0.3) is 0 Å². The summed E-state index contributed by atoms with van der Waals surface area (Å²) in [4.78, 5) is 4.42. The fourth-order valence-electron chi connectivity index (χ4n) is 1.54. The standard InChI is InChI=1S/C11H20N2S/c1-4-8(2)5-10(12)6-11-7-14-9(3)13-11/h7-8,10H,4-6,12H2,1-3H3. The Morgan fingerprint density at radius 1 is 1.57 bits per heavy atom. The van der Waals surface area contributed by atoms with E-state index in [1.807, 2.05) is 6.92 Å². The maximum Gasteiger partial charge on any atom is 0.0897 e. The number of thiazole rings is 1. The van der Waals surface area contributed by atoms with Crippen LogP contribution < -0.4 is 5.73 Å². The van der Waals surface area contributed by atoms with Gasteiger partial charge in [-0.3, -0.25) is 0 Å². The van der Waals surface area contributed by atoms with Gasteiger partial charge in [0.2, 0.25) is 0 Å². The lowest BCUT2D eigenvalue weighted by atomic mass is 9.97. The molecule has 0 saturated carbocycles. The molecule has 80 valence electrons. The van der Waals surface area contributed by atoms with Gasteiger partial charge in [-0.2, -0.15) is 0 Å². The minimum Gasteiger partial charge on any atom is -0.327 e. The summed E-state index contributed by atoms with van der Waals surface area (Å²) in [5.74, 6) is 0.727. The van der Waals surface area contributed by atoms with Crippen LogP contribution in [0.1, 0.15) is 37.4 Å². The number of rotatable bonds is 5. The van der Waals surface area contributed by atoms with Gasteiger partial charge in [-0.15, -0.1) is 11.3 Å². The van der Waals surface area contributed by atoms with E-state index in [0.29, 0.717) is 0 Å². The first-order valence-electron chi connectivity index (χ1n) is 5.28. The smallest absolute Gasteiger partial charge is 0.0897 e. The zero-order chi connectivity index (χ0) is 10.6. The molecule has 0 fully saturated rings. The SMILES string of the molecule is CCC(C)CC(N)Cc1csc(C)n1. The van der Waals surface area contributed by atoms with Gasteiger partial charge in [0.15, 0.2) is 0 Å². The molecule has 2 N–H and O–H groups in total. The van der Waals surface area contributed by atoms with E-state index in [0.717, 1.165) is 29.5 Å². The van der Waals surface area contributed by atoms with Crippen LogP contribution in [0.2, 0.25) is 0 Å². The summed E-state index contributed by atoms with van der Waals surface area (Å²) < 4.78 is 0. The van der Waals surface area contributed by atoms with E-state index in [-0.39, 0.29) is 6.04 Å². The van der Waals surface area contributed by atoms with E-state index >= 15 is 0 Å². The van der Waals surface area contributed by atoms with Crippen LogP contribution >= 0.6 is 11.3 Å². The molecule has 0 saturated heterocycles. The van der Waals surface area contributed by atoms with E-state index in [4.69, 9.17) is 5.73 Å². The van der Waals surface area contributed by atoms with Crippen molar-refractivity contribution in [3.63, 3.8) is 0 Å². The van der Waals surface area contributed by atoms with E-state index in [2.05, 4.69) is 24.2 Å². The Hall–Kier alpha value is -0.410. The Labute approximate surface area is 90.6 Å². The Kier molecular flexibility index (Phi) is 4.55. The van der Waals surface area contributed by atoms with Gasteiger partial charge in [0.05, 0.1) is 10.7 Å². The predicted octanol–water partition coefficient (Wildman–Crippen LogP) is 2.76. The third-order valence-electron chi connectivity index (χ3n) is 2.54. The lowest BCUT2D eigenvalue weighted by Gasteiger charge is -2.14. The zero-order valence-electron chi connectivity index (χ0n) is 9.29. The molecule has 0 spiro atoms. The summed E-state index contributed by atoms with van der Waals surface area (Å²) >= 11 is 1.70. The highest BCUT2D eigenvalue weighted by atomic mass is 32.1. The molecule has 14 heavy (non-hydrogen) atoms. The monoisotopic (exact) mass is 212 g/mol. The summed E-state index contributed by atoms with van der Waals surface area (Å²) in [5.41, 5.74) is 7.21. The summed E-state index contributed by atoms with van der Waals surface area (Å²) in [6.45, 7) is 6.50. The van der Waals surface area contributed by atoms with Crippen molar-refractivity contribution >= 4 is 11.3 Å². The second-order valence-electron chi connectivity index (χ2n) is 4.07. The molecule has 0 aromatic carbocycles. The van der Waals surface area contributed by atoms with Crippen molar-refractivity contribution in [2.45, 2.75) is 46.1 Å². The van der Waals surface area contributed by atoms with E-state index < -0.39 is 0 Å². The van der Waals surface area contributed by atoms with E-state index in [9.17, 15) is 0 Å². The maximum atomic E-state index is 6.06. The highest BCUT2D eigenvalue weighted by Gasteiger charge is 2.09. The molecule has 0 radical (unpaired) electrons. The topological polar surface area (TPSA) is 38.9 Å². The highest BCUT2D eigenvalue weighted by Crippen LogP contribution is 2.14. The molecule has 0 aliphatic carbocycles. The van der Waals surface area contributed by atoms with Crippen LogP contribution in [0.4, 0.5) is 0 Å². The van der Waals surface area contributed by atoms with Crippen LogP contribution in [-0.4, -0.2) is 11.0 Å². The summed E-state index contributed by atoms with van der Waals surface area (Å²) in [7, 11) is 0. The molecule has 2 atom stereocenters. The molecule has 0 aliphatic rings. The molecule has 1 aromatic rings. The first-order valence-corrected chi connectivity index (χ1v) is 6.16. The lowest BCUT2D eigenvalue weighted by molar-refractivity contribution is 0.448. The van der Waals surface area contributed by atoms with Crippen LogP contribution in [-0.2, 0) is 6.42 Å². The van der Waals surface area contributed by atoms with Crippen molar-refractivity contribution in [1.29, 1.82) is 0 Å². The van der Waals surface area contributed by atoms with Crippen LogP contribution in [0.3, 0.4) is 0 Å². The maximum absolute atomic E-state index is 6.06. The zero-order valence-corrected chi connectivity index (χ0v) is 10.1. The molecule has 2 nitrogen and oxygen atoms in total. The van der Waals surface area contributed by atoms with Gasteiger partial charge in [-0.25, -0.2) is 4.98 Å². The fourth-order valence-corrected chi connectivity index (χ4v) is 2.16.